The van der Waals surface area contributed by atoms with Gasteiger partial charge in [0.15, 0.2) is 0 Å². The fourth-order valence-electron chi connectivity index (χ4n) is 1.64. The van der Waals surface area contributed by atoms with Crippen LogP contribution in [0.25, 0.3) is 0 Å². The molecule has 2 rings (SSSR count). The van der Waals surface area contributed by atoms with Gasteiger partial charge >= 0.3 is 0 Å². The van der Waals surface area contributed by atoms with Crippen LogP contribution >= 0.6 is 0 Å². The first kappa shape index (κ1) is 17.1. The minimum Gasteiger partial charge on any atom is -0.271 e. The van der Waals surface area contributed by atoms with E-state index in [9.17, 15) is 43.9 Å². The van der Waals surface area contributed by atoms with Crippen LogP contribution in [-0.2, 0) is 0 Å². The lowest BCUT2D eigenvalue weighted by Crippen LogP contribution is -2.73. The van der Waals surface area contributed by atoms with Crippen LogP contribution in [0.15, 0.2) is 0 Å². The van der Waals surface area contributed by atoms with Gasteiger partial charge in [0.05, 0.1) is 0 Å². The molecule has 23 heavy (non-hydrogen) atoms. The molecule has 0 saturated carbocycles. The molecule has 0 atom stereocenters. The van der Waals surface area contributed by atoms with Crippen LogP contribution in [0.4, 0.5) is 55.3 Å². The van der Waals surface area contributed by atoms with Crippen molar-refractivity contribution in [3.63, 3.8) is 0 Å². The summed E-state index contributed by atoms with van der Waals surface area (Å²) < 4.78 is 131. The molecule has 0 radical (unpaired) electrons. The fraction of sp³-hybridized carbons (Fsp3) is 0. The molecule has 0 spiro atoms. The van der Waals surface area contributed by atoms with Crippen molar-refractivity contribution >= 4 is 11.4 Å². The van der Waals surface area contributed by atoms with Gasteiger partial charge in [0.25, 0.3) is 0 Å². The number of nitrogens with two attached hydrogens (primary N) is 1. The molecular formula is C12H2F10N+. The Hall–Kier alpha value is -2.30. The zero-order valence-electron chi connectivity index (χ0n) is 10.4. The Kier molecular flexibility index (Phi) is 4.24. The molecule has 0 aliphatic heterocycles. The van der Waals surface area contributed by atoms with E-state index in [1.54, 1.807) is 0 Å². The molecule has 2 aromatic rings. The number of halogens is 10. The quantitative estimate of drug-likeness (QED) is 0.369. The van der Waals surface area contributed by atoms with E-state index in [-0.39, 0.29) is 5.32 Å². The van der Waals surface area contributed by atoms with Crippen LogP contribution in [-0.4, -0.2) is 0 Å². The lowest BCUT2D eigenvalue weighted by molar-refractivity contribution is -0.489. The highest BCUT2D eigenvalue weighted by atomic mass is 19.2. The second kappa shape index (κ2) is 5.72. The number of hydrogen-bond acceptors (Lipinski definition) is 0. The standard InChI is InChI=1S/C12HF10N/c13-1-3(15)7(19)11(8(20)4(1)16)23-12-9(21)5(17)2(14)6(18)10(12)22/h23H/p+1. The van der Waals surface area contributed by atoms with Crippen LogP contribution in [0.1, 0.15) is 0 Å². The zero-order valence-corrected chi connectivity index (χ0v) is 10.4. The minimum absolute atomic E-state index is 0.369. The van der Waals surface area contributed by atoms with Crippen LogP contribution in [0, 0.1) is 58.2 Å². The molecule has 124 valence electrons. The van der Waals surface area contributed by atoms with E-state index in [4.69, 9.17) is 0 Å². The summed E-state index contributed by atoms with van der Waals surface area (Å²) in [5.41, 5.74) is -3.71. The first-order valence-electron chi connectivity index (χ1n) is 5.47. The minimum atomic E-state index is -2.55. The summed E-state index contributed by atoms with van der Waals surface area (Å²) in [6.45, 7) is 0. The zero-order chi connectivity index (χ0) is 17.6. The van der Waals surface area contributed by atoms with Crippen molar-refractivity contribution in [2.24, 2.45) is 0 Å². The second-order valence-electron chi connectivity index (χ2n) is 4.11. The van der Waals surface area contributed by atoms with Crippen LogP contribution in [0.3, 0.4) is 0 Å². The van der Waals surface area contributed by atoms with E-state index in [1.165, 1.54) is 0 Å². The highest BCUT2D eigenvalue weighted by Gasteiger charge is 2.34. The summed E-state index contributed by atoms with van der Waals surface area (Å²) in [4.78, 5) is 0. The summed E-state index contributed by atoms with van der Waals surface area (Å²) in [7, 11) is 0. The summed E-state index contributed by atoms with van der Waals surface area (Å²) in [6, 6.07) is 0. The molecule has 1 nitrogen and oxygen atoms in total. The first-order valence-corrected chi connectivity index (χ1v) is 5.47. The Morgan fingerprint density at radius 2 is 0.478 bits per heavy atom. The smallest absolute Gasteiger partial charge is 0.226 e. The van der Waals surface area contributed by atoms with Crippen molar-refractivity contribution in [3.8, 4) is 0 Å². The van der Waals surface area contributed by atoms with E-state index >= 15 is 0 Å². The Morgan fingerprint density at radius 1 is 0.304 bits per heavy atom. The summed E-state index contributed by atoms with van der Waals surface area (Å²) >= 11 is 0. The number of quaternary nitrogens is 1. The fourth-order valence-corrected chi connectivity index (χ4v) is 1.64. The summed E-state index contributed by atoms with van der Waals surface area (Å²) in [5, 5.41) is -0.369. The Bertz CT molecular complexity index is 691. The van der Waals surface area contributed by atoms with Crippen molar-refractivity contribution in [3.05, 3.63) is 58.2 Å². The maximum absolute atomic E-state index is 13.4. The van der Waals surface area contributed by atoms with Gasteiger partial charge < -0.3 is 0 Å². The van der Waals surface area contributed by atoms with Crippen molar-refractivity contribution in [1.82, 2.24) is 0 Å². The number of rotatable bonds is 2. The van der Waals surface area contributed by atoms with Crippen molar-refractivity contribution in [2.45, 2.75) is 0 Å². The predicted octanol–water partition coefficient (Wildman–Crippen LogP) is 3.60. The predicted molar refractivity (Wildman–Crippen MR) is 53.7 cm³/mol. The third-order valence-electron chi connectivity index (χ3n) is 2.78. The van der Waals surface area contributed by atoms with Gasteiger partial charge in [-0.3, -0.25) is 5.32 Å². The number of hydrogen-bond donors (Lipinski definition) is 1. The molecule has 0 aliphatic rings. The van der Waals surface area contributed by atoms with E-state index in [2.05, 4.69) is 0 Å². The van der Waals surface area contributed by atoms with Gasteiger partial charge in [-0.2, -0.15) is 17.6 Å². The third kappa shape index (κ3) is 2.50. The van der Waals surface area contributed by atoms with Crippen LogP contribution in [0.5, 0.6) is 0 Å². The third-order valence-corrected chi connectivity index (χ3v) is 2.78. The molecule has 0 amide bonds. The van der Waals surface area contributed by atoms with E-state index in [1.807, 2.05) is 0 Å². The van der Waals surface area contributed by atoms with E-state index in [0.717, 1.165) is 0 Å². The van der Waals surface area contributed by atoms with Crippen LogP contribution in [0.2, 0.25) is 0 Å². The van der Waals surface area contributed by atoms with Gasteiger partial charge in [-0.1, -0.05) is 0 Å². The van der Waals surface area contributed by atoms with Gasteiger partial charge in [-0.05, 0) is 0 Å². The van der Waals surface area contributed by atoms with Crippen LogP contribution < -0.4 is 5.32 Å². The monoisotopic (exact) mass is 350 g/mol. The molecule has 0 unspecified atom stereocenters. The second-order valence-corrected chi connectivity index (χ2v) is 4.11. The summed E-state index contributed by atoms with van der Waals surface area (Å²) in [5.74, 6) is -24.9. The Balaban J connectivity index is 2.71. The van der Waals surface area contributed by atoms with Gasteiger partial charge in [-0.15, -0.1) is 0 Å². The first-order chi connectivity index (χ1) is 10.6. The average molecular weight is 350 g/mol. The van der Waals surface area contributed by atoms with Crippen molar-refractivity contribution in [1.29, 1.82) is 0 Å². The van der Waals surface area contributed by atoms with Crippen molar-refractivity contribution in [2.75, 3.05) is 0 Å². The normalized spacial score (nSPS) is 11.2. The molecule has 2 N–H and O–H groups in total. The Labute approximate surface area is 120 Å². The van der Waals surface area contributed by atoms with Gasteiger partial charge in [0.2, 0.25) is 69.5 Å². The van der Waals surface area contributed by atoms with E-state index < -0.39 is 69.5 Å². The van der Waals surface area contributed by atoms with E-state index in [0.29, 0.717) is 0 Å². The SMILES string of the molecule is Fc1c(F)c(F)c([NH2+]c2c(F)c(F)c(F)c(F)c2F)c(F)c1F. The van der Waals surface area contributed by atoms with Gasteiger partial charge in [0.1, 0.15) is 0 Å². The maximum Gasteiger partial charge on any atom is 0.226 e. The average Bonchev–Trinajstić information content (AvgIpc) is 2.54. The molecule has 0 aliphatic carbocycles. The van der Waals surface area contributed by atoms with Gasteiger partial charge in [-0.25, -0.2) is 26.3 Å². The molecular weight excluding hydrogens is 348 g/mol. The molecule has 2 aromatic carbocycles. The molecule has 0 aromatic heterocycles. The topological polar surface area (TPSA) is 16.6 Å². The lowest BCUT2D eigenvalue weighted by atomic mass is 10.2. The van der Waals surface area contributed by atoms with Crippen molar-refractivity contribution < 1.29 is 49.2 Å². The molecule has 11 heteroatoms. The highest BCUT2D eigenvalue weighted by Crippen LogP contribution is 2.28. The lowest BCUT2D eigenvalue weighted by Gasteiger charge is -2.08. The highest BCUT2D eigenvalue weighted by molar-refractivity contribution is 5.42. The molecule has 0 fully saturated rings. The van der Waals surface area contributed by atoms with Gasteiger partial charge in [0, 0.05) is 0 Å². The molecule has 0 heterocycles. The Morgan fingerprint density at radius 3 is 0.696 bits per heavy atom. The largest absolute Gasteiger partial charge is 0.271 e. The molecule has 0 bridgehead atoms. The number of benzene rings is 2. The molecule has 0 saturated heterocycles. The summed E-state index contributed by atoms with van der Waals surface area (Å²) in [6.07, 6.45) is 0. The maximum atomic E-state index is 13.4.